The predicted molar refractivity (Wildman–Crippen MR) is 89.7 cm³/mol. The molecule has 112 valence electrons. The molecule has 4 nitrogen and oxygen atoms in total. The number of rotatable bonds is 6. The minimum absolute atomic E-state index is 0.754. The normalized spacial score (nSPS) is 11.1. The smallest absolute Gasteiger partial charge is 0.146 e. The van der Waals surface area contributed by atoms with E-state index in [1.807, 2.05) is 36.7 Å². The highest BCUT2D eigenvalue weighted by Gasteiger charge is 2.08. The predicted octanol–water partition coefficient (Wildman–Crippen LogP) is 3.68. The molecule has 0 atom stereocenters. The van der Waals surface area contributed by atoms with Crippen molar-refractivity contribution in [3.63, 3.8) is 0 Å². The van der Waals surface area contributed by atoms with Gasteiger partial charge in [0.2, 0.25) is 0 Å². The summed E-state index contributed by atoms with van der Waals surface area (Å²) >= 11 is 0. The maximum absolute atomic E-state index is 5.40. The van der Waals surface area contributed by atoms with E-state index in [2.05, 4.69) is 39.2 Å². The average Bonchev–Trinajstić information content (AvgIpc) is 3.21. The third kappa shape index (κ3) is 3.28. The number of methoxy groups -OCH3 is 1. The van der Waals surface area contributed by atoms with E-state index in [4.69, 9.17) is 4.74 Å². The molecule has 0 bridgehead atoms. The lowest BCUT2D eigenvalue weighted by Gasteiger charge is -1.98. The minimum atomic E-state index is 0.754. The van der Waals surface area contributed by atoms with Crippen molar-refractivity contribution < 1.29 is 4.74 Å². The summed E-state index contributed by atoms with van der Waals surface area (Å²) in [4.78, 5) is 11.0. The molecule has 0 saturated carbocycles. The van der Waals surface area contributed by atoms with E-state index in [9.17, 15) is 0 Å². The molecule has 2 N–H and O–H groups in total. The van der Waals surface area contributed by atoms with Crippen LogP contribution in [-0.2, 0) is 6.42 Å². The van der Waals surface area contributed by atoms with Crippen LogP contribution in [0.4, 0.5) is 0 Å². The molecule has 1 aromatic carbocycles. The number of nitrogens with zero attached hydrogens (tertiary/aromatic N) is 1. The fourth-order valence-corrected chi connectivity index (χ4v) is 2.35. The van der Waals surface area contributed by atoms with Crippen molar-refractivity contribution in [3.05, 3.63) is 66.0 Å². The quantitative estimate of drug-likeness (QED) is 0.669. The molecular weight excluding hydrogens is 274 g/mol. The molecule has 3 aromatic rings. The van der Waals surface area contributed by atoms with Crippen LogP contribution in [0, 0.1) is 0 Å². The molecule has 2 heterocycles. The van der Waals surface area contributed by atoms with E-state index in [1.165, 1.54) is 5.56 Å². The Balaban J connectivity index is 1.68. The lowest BCUT2D eigenvalue weighted by Crippen LogP contribution is -1.92. The van der Waals surface area contributed by atoms with Crippen LogP contribution in [0.15, 0.2) is 59.7 Å². The first-order chi connectivity index (χ1) is 10.9. The number of hydrogen-bond donors (Lipinski definition) is 2. The highest BCUT2D eigenvalue weighted by atomic mass is 16.5. The van der Waals surface area contributed by atoms with Gasteiger partial charge >= 0.3 is 0 Å². The van der Waals surface area contributed by atoms with Crippen LogP contribution in [-0.4, -0.2) is 29.8 Å². The largest absolute Gasteiger partial charge is 0.494 e. The van der Waals surface area contributed by atoms with E-state index in [0.29, 0.717) is 0 Å². The van der Waals surface area contributed by atoms with E-state index >= 15 is 0 Å². The van der Waals surface area contributed by atoms with E-state index in [0.717, 1.165) is 35.8 Å². The van der Waals surface area contributed by atoms with Crippen molar-refractivity contribution >= 4 is 6.21 Å². The molecule has 22 heavy (non-hydrogen) atoms. The van der Waals surface area contributed by atoms with Crippen LogP contribution in [0.25, 0.3) is 11.4 Å². The topological polar surface area (TPSA) is 53.2 Å². The molecule has 0 saturated heterocycles. The molecule has 0 amide bonds. The highest BCUT2D eigenvalue weighted by molar-refractivity contribution is 5.83. The van der Waals surface area contributed by atoms with Gasteiger partial charge in [-0.1, -0.05) is 30.3 Å². The molecular formula is C18H19N3O. The van der Waals surface area contributed by atoms with Gasteiger partial charge in [0, 0.05) is 25.0 Å². The van der Waals surface area contributed by atoms with Crippen molar-refractivity contribution in [2.75, 3.05) is 13.7 Å². The molecule has 0 unspecified atom stereocenters. The molecule has 0 spiro atoms. The van der Waals surface area contributed by atoms with Crippen molar-refractivity contribution in [3.8, 4) is 17.1 Å². The van der Waals surface area contributed by atoms with Gasteiger partial charge in [-0.25, -0.2) is 0 Å². The summed E-state index contributed by atoms with van der Waals surface area (Å²) in [5.41, 5.74) is 4.21. The fraction of sp³-hybridized carbons (Fsp3) is 0.167. The molecule has 4 heteroatoms. The number of hydrogen-bond acceptors (Lipinski definition) is 2. The van der Waals surface area contributed by atoms with Gasteiger partial charge in [-0.15, -0.1) is 0 Å². The van der Waals surface area contributed by atoms with Crippen LogP contribution >= 0.6 is 0 Å². The van der Waals surface area contributed by atoms with E-state index in [-0.39, 0.29) is 0 Å². The Hall–Kier alpha value is -2.75. The highest BCUT2D eigenvalue weighted by Crippen LogP contribution is 2.25. The van der Waals surface area contributed by atoms with Gasteiger partial charge in [-0.2, -0.15) is 0 Å². The molecule has 0 aliphatic heterocycles. The zero-order valence-corrected chi connectivity index (χ0v) is 12.5. The van der Waals surface area contributed by atoms with Crippen LogP contribution in [0.2, 0.25) is 0 Å². The summed E-state index contributed by atoms with van der Waals surface area (Å²) in [7, 11) is 1.67. The second kappa shape index (κ2) is 6.80. The Morgan fingerprint density at radius 2 is 1.95 bits per heavy atom. The summed E-state index contributed by atoms with van der Waals surface area (Å²) in [5.74, 6) is 0.799. The molecule has 2 aromatic heterocycles. The van der Waals surface area contributed by atoms with Gasteiger partial charge in [-0.3, -0.25) is 4.99 Å². The van der Waals surface area contributed by atoms with Crippen molar-refractivity contribution in [1.29, 1.82) is 0 Å². The van der Waals surface area contributed by atoms with Crippen molar-refractivity contribution in [1.82, 2.24) is 9.97 Å². The zero-order valence-electron chi connectivity index (χ0n) is 12.5. The first-order valence-electron chi connectivity index (χ1n) is 7.31. The Morgan fingerprint density at radius 3 is 2.68 bits per heavy atom. The molecule has 0 aliphatic carbocycles. The summed E-state index contributed by atoms with van der Waals surface area (Å²) in [6, 6.07) is 16.3. The Morgan fingerprint density at radius 1 is 1.09 bits per heavy atom. The summed E-state index contributed by atoms with van der Waals surface area (Å²) < 4.78 is 5.40. The molecule has 0 fully saturated rings. The van der Waals surface area contributed by atoms with Gasteiger partial charge in [0.05, 0.1) is 24.2 Å². The number of aromatic amines is 2. The van der Waals surface area contributed by atoms with Crippen molar-refractivity contribution in [2.45, 2.75) is 6.42 Å². The Bertz CT molecular complexity index is 727. The maximum atomic E-state index is 5.40. The number of aliphatic imine (C=N–C) groups is 1. The second-order valence-electron chi connectivity index (χ2n) is 5.02. The van der Waals surface area contributed by atoms with Crippen LogP contribution in [0.1, 0.15) is 11.3 Å². The number of aromatic nitrogens is 2. The first kappa shape index (κ1) is 14.2. The molecule has 0 aliphatic rings. The lowest BCUT2D eigenvalue weighted by molar-refractivity contribution is 0.415. The Kier molecular flexibility index (Phi) is 4.39. The monoisotopic (exact) mass is 293 g/mol. The van der Waals surface area contributed by atoms with Crippen LogP contribution < -0.4 is 4.74 Å². The van der Waals surface area contributed by atoms with Crippen LogP contribution in [0.5, 0.6) is 5.75 Å². The van der Waals surface area contributed by atoms with Gasteiger partial charge in [0.1, 0.15) is 5.75 Å². The standard InChI is InChI=1S/C18H19N3O/c1-22-18-12-16(15-8-5-10-20-15)21-17(18)13-19-11-9-14-6-3-2-4-7-14/h2-8,10,12-13,20-21H,9,11H2,1H3. The number of benzene rings is 1. The van der Waals surface area contributed by atoms with E-state index < -0.39 is 0 Å². The number of ether oxygens (including phenoxy) is 1. The number of H-pyrrole nitrogens is 2. The zero-order chi connectivity index (χ0) is 15.2. The summed E-state index contributed by atoms with van der Waals surface area (Å²) in [6.07, 6.45) is 4.67. The van der Waals surface area contributed by atoms with E-state index in [1.54, 1.807) is 7.11 Å². The SMILES string of the molecule is COc1cc(-c2ccc[nH]2)[nH]c1C=NCCc1ccccc1. The lowest BCUT2D eigenvalue weighted by atomic mass is 10.2. The van der Waals surface area contributed by atoms with Gasteiger partial charge in [-0.05, 0) is 24.1 Å². The average molecular weight is 293 g/mol. The van der Waals surface area contributed by atoms with Gasteiger partial charge < -0.3 is 14.7 Å². The van der Waals surface area contributed by atoms with Gasteiger partial charge in [0.15, 0.2) is 0 Å². The first-order valence-corrected chi connectivity index (χ1v) is 7.31. The minimum Gasteiger partial charge on any atom is -0.494 e. The summed E-state index contributed by atoms with van der Waals surface area (Å²) in [6.45, 7) is 0.754. The molecule has 0 radical (unpaired) electrons. The third-order valence-corrected chi connectivity index (χ3v) is 3.51. The third-order valence-electron chi connectivity index (χ3n) is 3.51. The Labute approximate surface area is 129 Å². The fourth-order valence-electron chi connectivity index (χ4n) is 2.35. The number of nitrogens with one attached hydrogen (secondary N) is 2. The second-order valence-corrected chi connectivity index (χ2v) is 5.02. The summed E-state index contributed by atoms with van der Waals surface area (Å²) in [5, 5.41) is 0. The van der Waals surface area contributed by atoms with Gasteiger partial charge in [0.25, 0.3) is 0 Å². The molecule has 3 rings (SSSR count). The maximum Gasteiger partial charge on any atom is 0.146 e. The van der Waals surface area contributed by atoms with Crippen molar-refractivity contribution in [2.24, 2.45) is 4.99 Å². The van der Waals surface area contributed by atoms with Crippen LogP contribution in [0.3, 0.4) is 0 Å².